The maximum Gasteiger partial charge on any atom is 0.289 e. The van der Waals surface area contributed by atoms with Crippen LogP contribution in [0.4, 0.5) is 0 Å². The summed E-state index contributed by atoms with van der Waals surface area (Å²) in [5.41, 5.74) is 0.488. The second kappa shape index (κ2) is 8.65. The minimum absolute atomic E-state index is 0.00865. The molecule has 3 rings (SSSR count). The molecule has 170 valence electrons. The summed E-state index contributed by atoms with van der Waals surface area (Å²) in [6, 6.07) is 9.19. The number of nitrogens with zero attached hydrogens (tertiary/aromatic N) is 1. The van der Waals surface area contributed by atoms with Crippen LogP contribution < -0.4 is 10.6 Å². The Morgan fingerprint density at radius 2 is 1.84 bits per heavy atom. The molecule has 2 aliphatic rings. The molecule has 1 aromatic rings. The lowest BCUT2D eigenvalue weighted by Crippen LogP contribution is -2.57. The average Bonchev–Trinajstić information content (AvgIpc) is 3.00. The first kappa shape index (κ1) is 23.3. The number of benzene rings is 1. The van der Waals surface area contributed by atoms with Gasteiger partial charge in [-0.15, -0.1) is 0 Å². The number of hydrogen-bond acceptors (Lipinski definition) is 4. The fourth-order valence-electron chi connectivity index (χ4n) is 4.01. The molecule has 0 radical (unpaired) electrons. The lowest BCUT2D eigenvalue weighted by Gasteiger charge is -2.40. The van der Waals surface area contributed by atoms with Gasteiger partial charge < -0.3 is 20.6 Å². The number of nitrogens with one attached hydrogen (secondary N) is 2. The highest BCUT2D eigenvalue weighted by Gasteiger charge is 2.45. The first-order valence-corrected chi connectivity index (χ1v) is 10.7. The van der Waals surface area contributed by atoms with Gasteiger partial charge in [-0.25, -0.2) is 0 Å². The molecule has 0 spiro atoms. The predicted octanol–water partition coefficient (Wildman–Crippen LogP) is 2.72. The number of aliphatic hydroxyl groups excluding tert-OH is 1. The monoisotopic (exact) mass is 437 g/mol. The van der Waals surface area contributed by atoms with Crippen LogP contribution in [0.1, 0.15) is 39.7 Å². The molecule has 32 heavy (non-hydrogen) atoms. The molecule has 0 aromatic heterocycles. The summed E-state index contributed by atoms with van der Waals surface area (Å²) in [4.78, 5) is 39.6. The number of amides is 3. The van der Waals surface area contributed by atoms with Gasteiger partial charge in [0.2, 0.25) is 5.91 Å². The highest BCUT2D eigenvalue weighted by atomic mass is 16.3. The molecule has 1 unspecified atom stereocenters. The van der Waals surface area contributed by atoms with Crippen molar-refractivity contribution in [1.29, 1.82) is 0 Å². The number of aliphatic hydroxyl groups is 1. The molecule has 3 N–H and O–H groups in total. The van der Waals surface area contributed by atoms with E-state index in [0.29, 0.717) is 6.42 Å². The maximum absolute atomic E-state index is 13.6. The molecule has 1 heterocycles. The second-order valence-electron chi connectivity index (χ2n) is 9.52. The van der Waals surface area contributed by atoms with E-state index in [2.05, 4.69) is 10.6 Å². The van der Waals surface area contributed by atoms with Crippen molar-refractivity contribution < 1.29 is 19.5 Å². The van der Waals surface area contributed by atoms with Crippen LogP contribution in [0.2, 0.25) is 0 Å². The highest BCUT2D eigenvalue weighted by Crippen LogP contribution is 2.40. The molecule has 7 nitrogen and oxygen atoms in total. The minimum atomic E-state index is -1.05. The zero-order valence-electron chi connectivity index (χ0n) is 19.2. The van der Waals surface area contributed by atoms with E-state index in [-0.39, 0.29) is 18.0 Å². The Bertz CT molecular complexity index is 1020. The Morgan fingerprint density at radius 3 is 2.41 bits per heavy atom. The minimum Gasteiger partial charge on any atom is -0.503 e. The van der Waals surface area contributed by atoms with E-state index >= 15 is 0 Å². The normalized spacial score (nSPS) is 22.0. The Labute approximate surface area is 188 Å². The quantitative estimate of drug-likeness (QED) is 0.660. The fourth-order valence-corrected chi connectivity index (χ4v) is 4.01. The van der Waals surface area contributed by atoms with Crippen molar-refractivity contribution in [2.24, 2.45) is 5.41 Å². The van der Waals surface area contributed by atoms with Crippen molar-refractivity contribution in [1.82, 2.24) is 15.5 Å². The van der Waals surface area contributed by atoms with Gasteiger partial charge in [0.25, 0.3) is 11.8 Å². The SMILES string of the molecule is C[C@@H](NC(=O)C1=C(O)C(=O)N(C)C1)C1(C(=O)NC(C)(C)C)C=CC=C(c2ccccc2)C1. The summed E-state index contributed by atoms with van der Waals surface area (Å²) >= 11 is 0. The molecule has 2 atom stereocenters. The molecular formula is C25H31N3O4. The van der Waals surface area contributed by atoms with Gasteiger partial charge in [-0.05, 0) is 45.3 Å². The van der Waals surface area contributed by atoms with E-state index in [9.17, 15) is 19.5 Å². The summed E-state index contributed by atoms with van der Waals surface area (Å²) in [5.74, 6) is -1.89. The summed E-state index contributed by atoms with van der Waals surface area (Å²) < 4.78 is 0. The van der Waals surface area contributed by atoms with E-state index in [4.69, 9.17) is 0 Å². The smallest absolute Gasteiger partial charge is 0.289 e. The van der Waals surface area contributed by atoms with Crippen LogP contribution in [-0.4, -0.2) is 52.9 Å². The van der Waals surface area contributed by atoms with E-state index in [0.717, 1.165) is 11.1 Å². The van der Waals surface area contributed by atoms with Crippen LogP contribution in [0.5, 0.6) is 0 Å². The molecule has 0 saturated carbocycles. The summed E-state index contributed by atoms with van der Waals surface area (Å²) in [6.07, 6.45) is 6.04. The van der Waals surface area contributed by atoms with Crippen molar-refractivity contribution in [3.05, 3.63) is 65.5 Å². The fraction of sp³-hybridized carbons (Fsp3) is 0.400. The van der Waals surface area contributed by atoms with Gasteiger partial charge >= 0.3 is 0 Å². The number of allylic oxidation sites excluding steroid dienone is 3. The Kier molecular flexibility index (Phi) is 6.30. The van der Waals surface area contributed by atoms with Crippen molar-refractivity contribution in [3.8, 4) is 0 Å². The van der Waals surface area contributed by atoms with Gasteiger partial charge in [-0.3, -0.25) is 14.4 Å². The molecule has 7 heteroatoms. The average molecular weight is 438 g/mol. The molecule has 3 amide bonds. The van der Waals surface area contributed by atoms with E-state index in [1.165, 1.54) is 11.9 Å². The highest BCUT2D eigenvalue weighted by molar-refractivity contribution is 6.07. The van der Waals surface area contributed by atoms with Crippen LogP contribution >= 0.6 is 0 Å². The number of likely N-dealkylation sites (N-methyl/N-ethyl adjacent to an activating group) is 1. The van der Waals surface area contributed by atoms with Crippen LogP contribution in [0, 0.1) is 5.41 Å². The third kappa shape index (κ3) is 4.61. The van der Waals surface area contributed by atoms with Gasteiger partial charge in [0.1, 0.15) is 0 Å². The van der Waals surface area contributed by atoms with E-state index in [1.54, 1.807) is 6.92 Å². The molecule has 1 aliphatic carbocycles. The number of hydrogen-bond donors (Lipinski definition) is 3. The van der Waals surface area contributed by atoms with Gasteiger partial charge in [-0.1, -0.05) is 48.6 Å². The topological polar surface area (TPSA) is 98.7 Å². The zero-order chi connectivity index (χ0) is 23.7. The van der Waals surface area contributed by atoms with Gasteiger partial charge in [0.15, 0.2) is 5.76 Å². The van der Waals surface area contributed by atoms with Crippen LogP contribution in [0.25, 0.3) is 5.57 Å². The second-order valence-corrected chi connectivity index (χ2v) is 9.52. The molecule has 1 aromatic carbocycles. The Balaban J connectivity index is 1.92. The van der Waals surface area contributed by atoms with Gasteiger partial charge in [-0.2, -0.15) is 0 Å². The first-order valence-electron chi connectivity index (χ1n) is 10.7. The van der Waals surface area contributed by atoms with E-state index < -0.39 is 34.6 Å². The van der Waals surface area contributed by atoms with Crippen LogP contribution in [0.3, 0.4) is 0 Å². The molecular weight excluding hydrogens is 406 g/mol. The Morgan fingerprint density at radius 1 is 1.19 bits per heavy atom. The van der Waals surface area contributed by atoms with Crippen molar-refractivity contribution in [3.63, 3.8) is 0 Å². The molecule has 0 fully saturated rings. The first-order chi connectivity index (χ1) is 14.9. The molecule has 0 saturated heterocycles. The van der Waals surface area contributed by atoms with Gasteiger partial charge in [0, 0.05) is 18.6 Å². The third-order valence-electron chi connectivity index (χ3n) is 5.85. The summed E-state index contributed by atoms with van der Waals surface area (Å²) in [5, 5.41) is 16.0. The summed E-state index contributed by atoms with van der Waals surface area (Å²) in [7, 11) is 1.52. The number of carbonyl (C=O) groups excluding carboxylic acids is 3. The summed E-state index contributed by atoms with van der Waals surface area (Å²) in [6.45, 7) is 7.52. The van der Waals surface area contributed by atoms with Crippen LogP contribution in [0.15, 0.2) is 59.9 Å². The number of carbonyl (C=O) groups is 3. The van der Waals surface area contributed by atoms with Crippen molar-refractivity contribution >= 4 is 23.3 Å². The van der Waals surface area contributed by atoms with Gasteiger partial charge in [0.05, 0.1) is 17.5 Å². The molecule has 0 bridgehead atoms. The lowest BCUT2D eigenvalue weighted by molar-refractivity contribution is -0.132. The number of rotatable bonds is 5. The molecule has 1 aliphatic heterocycles. The van der Waals surface area contributed by atoms with E-state index in [1.807, 2.05) is 69.3 Å². The Hall–Kier alpha value is -3.35. The standard InChI is InChI=1S/C25H31N3O4/c1-16(26-21(30)19-15-28(5)22(31)20(19)29)25(23(32)27-24(2,3)4)13-9-12-18(14-25)17-10-7-6-8-11-17/h6-13,16,29H,14-15H2,1-5H3,(H,26,30)(H,27,32)/t16-,25?/m1/s1. The maximum atomic E-state index is 13.6. The zero-order valence-corrected chi connectivity index (χ0v) is 19.2. The predicted molar refractivity (Wildman–Crippen MR) is 123 cm³/mol. The largest absolute Gasteiger partial charge is 0.503 e. The third-order valence-corrected chi connectivity index (χ3v) is 5.85. The van der Waals surface area contributed by atoms with Crippen molar-refractivity contribution in [2.45, 2.75) is 45.7 Å². The lowest BCUT2D eigenvalue weighted by atomic mass is 9.70. The van der Waals surface area contributed by atoms with Crippen molar-refractivity contribution in [2.75, 3.05) is 13.6 Å². The van der Waals surface area contributed by atoms with Crippen LogP contribution in [-0.2, 0) is 14.4 Å².